The van der Waals surface area contributed by atoms with Crippen molar-refractivity contribution >= 4 is 0 Å². The summed E-state index contributed by atoms with van der Waals surface area (Å²) in [6, 6.07) is 9.59. The van der Waals surface area contributed by atoms with Crippen LogP contribution in [0.4, 0.5) is 0 Å². The topological polar surface area (TPSA) is 24.5 Å². The molecule has 1 N–H and O–H groups in total. The average Bonchev–Trinajstić information content (AvgIpc) is 3.06. The van der Waals surface area contributed by atoms with Gasteiger partial charge in [-0.2, -0.15) is 0 Å². The molecule has 20 heavy (non-hydrogen) atoms. The molecule has 1 aromatic carbocycles. The van der Waals surface area contributed by atoms with Crippen molar-refractivity contribution in [1.82, 2.24) is 10.2 Å². The van der Waals surface area contributed by atoms with E-state index in [4.69, 9.17) is 4.74 Å². The number of nitrogens with one attached hydrogen (secondary N) is 1. The Morgan fingerprint density at radius 3 is 2.90 bits per heavy atom. The molecule has 0 saturated carbocycles. The summed E-state index contributed by atoms with van der Waals surface area (Å²) in [5.41, 5.74) is 1.32. The highest BCUT2D eigenvalue weighted by atomic mass is 16.5. The highest BCUT2D eigenvalue weighted by molar-refractivity contribution is 5.36. The van der Waals surface area contributed by atoms with Crippen molar-refractivity contribution in [3.63, 3.8) is 0 Å². The highest BCUT2D eigenvalue weighted by Gasteiger charge is 2.45. The van der Waals surface area contributed by atoms with Gasteiger partial charge in [0.05, 0.1) is 7.11 Å². The number of fused-ring (bicyclic) bond motifs is 1. The maximum atomic E-state index is 5.55. The maximum absolute atomic E-state index is 5.55. The number of methoxy groups -OCH3 is 1. The summed E-state index contributed by atoms with van der Waals surface area (Å²) in [5.74, 6) is 2.68. The molecule has 0 spiro atoms. The molecular formula is C17H26N2O. The van der Waals surface area contributed by atoms with Crippen molar-refractivity contribution in [3.8, 4) is 5.75 Å². The molecule has 0 aromatic heterocycles. The van der Waals surface area contributed by atoms with Crippen LogP contribution in [0.15, 0.2) is 24.3 Å². The molecule has 0 bridgehead atoms. The van der Waals surface area contributed by atoms with Crippen LogP contribution in [0.3, 0.4) is 0 Å². The van der Waals surface area contributed by atoms with E-state index in [1.807, 2.05) is 0 Å². The Balaban J connectivity index is 1.84. The molecule has 0 radical (unpaired) electrons. The van der Waals surface area contributed by atoms with Gasteiger partial charge in [-0.05, 0) is 44.3 Å². The molecule has 2 aliphatic heterocycles. The number of likely N-dealkylation sites (tertiary alicyclic amines) is 1. The molecule has 4 unspecified atom stereocenters. The monoisotopic (exact) mass is 274 g/mol. The predicted octanol–water partition coefficient (Wildman–Crippen LogP) is 2.69. The van der Waals surface area contributed by atoms with Crippen LogP contribution < -0.4 is 10.1 Å². The maximum Gasteiger partial charge on any atom is 0.123 e. The summed E-state index contributed by atoms with van der Waals surface area (Å²) in [6.45, 7) is 8.26. The zero-order chi connectivity index (χ0) is 14.1. The van der Waals surface area contributed by atoms with Gasteiger partial charge in [0.15, 0.2) is 0 Å². The van der Waals surface area contributed by atoms with Crippen molar-refractivity contribution in [3.05, 3.63) is 29.8 Å². The van der Waals surface area contributed by atoms with Gasteiger partial charge in [0.2, 0.25) is 0 Å². The SMILES string of the molecule is CCC1C2CNCC2CN1C(C)c1ccccc1OC. The predicted molar refractivity (Wildman–Crippen MR) is 82.0 cm³/mol. The van der Waals surface area contributed by atoms with Crippen molar-refractivity contribution < 1.29 is 4.74 Å². The molecule has 110 valence electrons. The number of benzene rings is 1. The molecule has 3 rings (SSSR count). The van der Waals surface area contributed by atoms with Crippen LogP contribution in [0, 0.1) is 11.8 Å². The van der Waals surface area contributed by atoms with Gasteiger partial charge in [-0.3, -0.25) is 4.90 Å². The first-order valence-electron chi connectivity index (χ1n) is 7.85. The van der Waals surface area contributed by atoms with E-state index in [2.05, 4.69) is 48.3 Å². The summed E-state index contributed by atoms with van der Waals surface area (Å²) in [5, 5.41) is 3.56. The second-order valence-electron chi connectivity index (χ2n) is 6.17. The van der Waals surface area contributed by atoms with Gasteiger partial charge in [-0.1, -0.05) is 25.1 Å². The molecule has 2 saturated heterocycles. The third-order valence-electron chi connectivity index (χ3n) is 5.26. The number of hydrogen-bond acceptors (Lipinski definition) is 3. The van der Waals surface area contributed by atoms with Gasteiger partial charge in [0.1, 0.15) is 5.75 Å². The normalized spacial score (nSPS) is 31.2. The summed E-state index contributed by atoms with van der Waals surface area (Å²) in [7, 11) is 1.77. The Kier molecular flexibility index (Phi) is 3.99. The molecular weight excluding hydrogens is 248 g/mol. The van der Waals surface area contributed by atoms with E-state index in [9.17, 15) is 0 Å². The number of nitrogens with zero attached hydrogens (tertiary/aromatic N) is 1. The Morgan fingerprint density at radius 1 is 1.35 bits per heavy atom. The Morgan fingerprint density at radius 2 is 2.15 bits per heavy atom. The molecule has 2 aliphatic rings. The highest BCUT2D eigenvalue weighted by Crippen LogP contribution is 2.41. The van der Waals surface area contributed by atoms with Crippen molar-refractivity contribution in [2.75, 3.05) is 26.7 Å². The quantitative estimate of drug-likeness (QED) is 0.913. The Bertz CT molecular complexity index is 462. The Labute approximate surface area is 122 Å². The number of hydrogen-bond donors (Lipinski definition) is 1. The second-order valence-corrected chi connectivity index (χ2v) is 6.17. The first-order chi connectivity index (χ1) is 9.76. The van der Waals surface area contributed by atoms with Crippen molar-refractivity contribution in [2.45, 2.75) is 32.4 Å². The molecule has 0 aliphatic carbocycles. The summed E-state index contributed by atoms with van der Waals surface area (Å²) in [6.07, 6.45) is 1.24. The largest absolute Gasteiger partial charge is 0.496 e. The third-order valence-corrected chi connectivity index (χ3v) is 5.26. The fraction of sp³-hybridized carbons (Fsp3) is 0.647. The van der Waals surface area contributed by atoms with Gasteiger partial charge < -0.3 is 10.1 Å². The van der Waals surface area contributed by atoms with Crippen LogP contribution in [0.2, 0.25) is 0 Å². The smallest absolute Gasteiger partial charge is 0.123 e. The van der Waals surface area contributed by atoms with Crippen LogP contribution >= 0.6 is 0 Å². The van der Waals surface area contributed by atoms with Crippen LogP contribution in [0.25, 0.3) is 0 Å². The van der Waals surface area contributed by atoms with E-state index in [1.165, 1.54) is 31.6 Å². The van der Waals surface area contributed by atoms with E-state index in [0.717, 1.165) is 17.6 Å². The van der Waals surface area contributed by atoms with Gasteiger partial charge in [0.25, 0.3) is 0 Å². The first-order valence-corrected chi connectivity index (χ1v) is 7.85. The van der Waals surface area contributed by atoms with Crippen LogP contribution in [0.5, 0.6) is 5.75 Å². The van der Waals surface area contributed by atoms with E-state index in [-0.39, 0.29) is 0 Å². The lowest BCUT2D eigenvalue weighted by Crippen LogP contribution is -2.37. The lowest BCUT2D eigenvalue weighted by Gasteiger charge is -2.33. The van der Waals surface area contributed by atoms with Crippen molar-refractivity contribution in [1.29, 1.82) is 0 Å². The minimum atomic E-state index is 0.432. The average molecular weight is 274 g/mol. The van der Waals surface area contributed by atoms with E-state index in [1.54, 1.807) is 7.11 Å². The summed E-state index contributed by atoms with van der Waals surface area (Å²) >= 11 is 0. The minimum absolute atomic E-state index is 0.432. The minimum Gasteiger partial charge on any atom is -0.496 e. The summed E-state index contributed by atoms with van der Waals surface area (Å²) in [4.78, 5) is 2.70. The molecule has 4 atom stereocenters. The van der Waals surface area contributed by atoms with Crippen LogP contribution in [0.1, 0.15) is 31.9 Å². The standard InChI is InChI=1S/C17H26N2O/c1-4-16-15-10-18-9-13(15)11-19(16)12(2)14-7-5-6-8-17(14)20-3/h5-8,12-13,15-16,18H,4,9-11H2,1-3H3. The number of para-hydroxylation sites is 1. The zero-order valence-corrected chi connectivity index (χ0v) is 12.8. The van der Waals surface area contributed by atoms with Gasteiger partial charge in [-0.25, -0.2) is 0 Å². The molecule has 3 nitrogen and oxygen atoms in total. The zero-order valence-electron chi connectivity index (χ0n) is 12.8. The first kappa shape index (κ1) is 13.9. The third kappa shape index (κ3) is 2.23. The number of ether oxygens (including phenoxy) is 1. The lowest BCUT2D eigenvalue weighted by atomic mass is 9.92. The molecule has 0 amide bonds. The molecule has 3 heteroatoms. The van der Waals surface area contributed by atoms with Crippen LogP contribution in [-0.2, 0) is 0 Å². The second kappa shape index (κ2) is 5.74. The van der Waals surface area contributed by atoms with E-state index < -0.39 is 0 Å². The fourth-order valence-corrected chi connectivity index (χ4v) is 4.23. The van der Waals surface area contributed by atoms with Gasteiger partial charge >= 0.3 is 0 Å². The van der Waals surface area contributed by atoms with Crippen molar-refractivity contribution in [2.24, 2.45) is 11.8 Å². The summed E-state index contributed by atoms with van der Waals surface area (Å²) < 4.78 is 5.55. The Hall–Kier alpha value is -1.06. The van der Waals surface area contributed by atoms with Gasteiger partial charge in [-0.15, -0.1) is 0 Å². The van der Waals surface area contributed by atoms with Gasteiger partial charge in [0, 0.05) is 24.2 Å². The lowest BCUT2D eigenvalue weighted by molar-refractivity contribution is 0.163. The molecule has 2 fully saturated rings. The fourth-order valence-electron chi connectivity index (χ4n) is 4.23. The van der Waals surface area contributed by atoms with E-state index in [0.29, 0.717) is 12.1 Å². The van der Waals surface area contributed by atoms with E-state index >= 15 is 0 Å². The van der Waals surface area contributed by atoms with Crippen LogP contribution in [-0.4, -0.2) is 37.7 Å². The molecule has 1 aromatic rings. The molecule has 2 heterocycles. The number of rotatable bonds is 4.